The Morgan fingerprint density at radius 2 is 1.95 bits per heavy atom. The lowest BCUT2D eigenvalue weighted by atomic mass is 10.1. The van der Waals surface area contributed by atoms with Gasteiger partial charge in [0.05, 0.1) is 13.2 Å². The average Bonchev–Trinajstić information content (AvgIpc) is 2.32. The van der Waals surface area contributed by atoms with E-state index in [-0.39, 0.29) is 6.61 Å². The number of aliphatic hydroxyl groups is 1. The van der Waals surface area contributed by atoms with Crippen molar-refractivity contribution >= 4 is 11.6 Å². The number of anilines is 1. The van der Waals surface area contributed by atoms with E-state index in [1.165, 1.54) is 11.1 Å². The van der Waals surface area contributed by atoms with Crippen LogP contribution in [0, 0.1) is 13.8 Å². The summed E-state index contributed by atoms with van der Waals surface area (Å²) in [7, 11) is 0. The Morgan fingerprint density at radius 1 is 1.26 bits per heavy atom. The van der Waals surface area contributed by atoms with Crippen molar-refractivity contribution in [3.63, 3.8) is 0 Å². The van der Waals surface area contributed by atoms with E-state index in [1.807, 2.05) is 26.0 Å². The number of rotatable bonds is 7. The van der Waals surface area contributed by atoms with Crippen LogP contribution in [0.5, 0.6) is 0 Å². The van der Waals surface area contributed by atoms with E-state index in [0.29, 0.717) is 25.7 Å². The van der Waals surface area contributed by atoms with Crippen LogP contribution in [0.4, 0.5) is 5.69 Å². The first-order valence-corrected chi connectivity index (χ1v) is 6.45. The topological polar surface area (TPSA) is 79.9 Å². The molecule has 1 rings (SSSR count). The first kappa shape index (κ1) is 15.5. The van der Waals surface area contributed by atoms with Gasteiger partial charge in [0.15, 0.2) is 5.96 Å². The maximum Gasteiger partial charge on any atom is 0.193 e. The van der Waals surface area contributed by atoms with Gasteiger partial charge < -0.3 is 20.9 Å². The minimum Gasteiger partial charge on any atom is -0.394 e. The zero-order chi connectivity index (χ0) is 14.1. The van der Waals surface area contributed by atoms with Crippen LogP contribution in [0.15, 0.2) is 23.2 Å². The average molecular weight is 265 g/mol. The van der Waals surface area contributed by atoms with Crippen LogP contribution in [0.25, 0.3) is 0 Å². The predicted molar refractivity (Wildman–Crippen MR) is 78.5 cm³/mol. The summed E-state index contributed by atoms with van der Waals surface area (Å²) in [5, 5.41) is 11.6. The third-order valence-electron chi connectivity index (χ3n) is 2.46. The van der Waals surface area contributed by atoms with E-state index in [9.17, 15) is 0 Å². The third kappa shape index (κ3) is 6.79. The van der Waals surface area contributed by atoms with Crippen molar-refractivity contribution < 1.29 is 9.84 Å². The zero-order valence-corrected chi connectivity index (χ0v) is 11.6. The summed E-state index contributed by atoms with van der Waals surface area (Å²) in [5.41, 5.74) is 9.13. The fourth-order valence-electron chi connectivity index (χ4n) is 1.77. The Morgan fingerprint density at radius 3 is 2.58 bits per heavy atom. The molecule has 0 aliphatic rings. The van der Waals surface area contributed by atoms with Crippen LogP contribution in [-0.4, -0.2) is 37.4 Å². The molecule has 1 aromatic carbocycles. The highest BCUT2D eigenvalue weighted by molar-refractivity contribution is 5.92. The van der Waals surface area contributed by atoms with E-state index in [1.54, 1.807) is 0 Å². The van der Waals surface area contributed by atoms with E-state index in [0.717, 1.165) is 12.1 Å². The Labute approximate surface area is 114 Å². The van der Waals surface area contributed by atoms with E-state index in [4.69, 9.17) is 15.6 Å². The molecular formula is C14H23N3O2. The van der Waals surface area contributed by atoms with Gasteiger partial charge in [-0.05, 0) is 43.5 Å². The molecule has 0 spiro atoms. The molecule has 0 bridgehead atoms. The Kier molecular flexibility index (Phi) is 6.92. The lowest BCUT2D eigenvalue weighted by molar-refractivity contribution is 0.0918. The molecule has 4 N–H and O–H groups in total. The van der Waals surface area contributed by atoms with Gasteiger partial charge >= 0.3 is 0 Å². The number of nitrogens with two attached hydrogens (primary N) is 1. The summed E-state index contributed by atoms with van der Waals surface area (Å²) in [5.74, 6) is 0.409. The summed E-state index contributed by atoms with van der Waals surface area (Å²) >= 11 is 0. The van der Waals surface area contributed by atoms with Gasteiger partial charge in [-0.3, -0.25) is 4.99 Å². The number of ether oxygens (including phenoxy) is 1. The van der Waals surface area contributed by atoms with E-state index < -0.39 is 0 Å². The molecule has 0 amide bonds. The lowest BCUT2D eigenvalue weighted by Crippen LogP contribution is -2.23. The summed E-state index contributed by atoms with van der Waals surface area (Å²) in [4.78, 5) is 4.22. The summed E-state index contributed by atoms with van der Waals surface area (Å²) in [6, 6.07) is 6.16. The Balaban J connectivity index is 2.34. The third-order valence-corrected chi connectivity index (χ3v) is 2.46. The largest absolute Gasteiger partial charge is 0.394 e. The van der Waals surface area contributed by atoms with Crippen LogP contribution in [-0.2, 0) is 4.74 Å². The van der Waals surface area contributed by atoms with Gasteiger partial charge in [0.25, 0.3) is 0 Å². The Hall–Kier alpha value is -1.59. The van der Waals surface area contributed by atoms with Crippen LogP contribution >= 0.6 is 0 Å². The van der Waals surface area contributed by atoms with Crippen molar-refractivity contribution in [3.8, 4) is 0 Å². The second-order valence-corrected chi connectivity index (χ2v) is 4.46. The molecule has 0 saturated heterocycles. The number of hydrogen-bond acceptors (Lipinski definition) is 3. The summed E-state index contributed by atoms with van der Waals surface area (Å²) < 4.78 is 5.13. The predicted octanol–water partition coefficient (Wildman–Crippen LogP) is 1.43. The van der Waals surface area contributed by atoms with Crippen molar-refractivity contribution in [1.29, 1.82) is 0 Å². The van der Waals surface area contributed by atoms with Crippen LogP contribution in [0.1, 0.15) is 17.5 Å². The van der Waals surface area contributed by atoms with Gasteiger partial charge in [-0.2, -0.15) is 0 Å². The van der Waals surface area contributed by atoms with Gasteiger partial charge in [-0.1, -0.05) is 6.07 Å². The van der Waals surface area contributed by atoms with Gasteiger partial charge in [-0.15, -0.1) is 0 Å². The number of guanidine groups is 1. The molecule has 0 atom stereocenters. The van der Waals surface area contributed by atoms with Gasteiger partial charge in [0, 0.05) is 18.8 Å². The highest BCUT2D eigenvalue weighted by atomic mass is 16.5. The van der Waals surface area contributed by atoms with Crippen molar-refractivity contribution in [3.05, 3.63) is 29.3 Å². The lowest BCUT2D eigenvalue weighted by Gasteiger charge is -2.08. The SMILES string of the molecule is Cc1cc(C)cc(NC(N)=NCCCOCCO)c1. The maximum absolute atomic E-state index is 8.54. The monoisotopic (exact) mass is 265 g/mol. The molecule has 0 radical (unpaired) electrons. The molecule has 0 unspecified atom stereocenters. The number of aryl methyl sites for hydroxylation is 2. The number of hydrogen-bond donors (Lipinski definition) is 3. The maximum atomic E-state index is 8.54. The standard InChI is InChI=1S/C14H23N3O2/c1-11-8-12(2)10-13(9-11)17-14(15)16-4-3-6-19-7-5-18/h8-10,18H,3-7H2,1-2H3,(H3,15,16,17). The van der Waals surface area contributed by atoms with Gasteiger partial charge in [0.2, 0.25) is 0 Å². The highest BCUT2D eigenvalue weighted by Crippen LogP contribution is 2.13. The van der Waals surface area contributed by atoms with E-state index in [2.05, 4.69) is 16.4 Å². The van der Waals surface area contributed by atoms with Gasteiger partial charge in [-0.25, -0.2) is 0 Å². The smallest absolute Gasteiger partial charge is 0.193 e. The normalized spacial score (nSPS) is 11.6. The molecule has 106 valence electrons. The number of nitrogens with one attached hydrogen (secondary N) is 1. The fourth-order valence-corrected chi connectivity index (χ4v) is 1.77. The van der Waals surface area contributed by atoms with Crippen LogP contribution in [0.3, 0.4) is 0 Å². The number of nitrogens with zero attached hydrogens (tertiary/aromatic N) is 1. The van der Waals surface area contributed by atoms with Crippen molar-refractivity contribution in [2.45, 2.75) is 20.3 Å². The molecule has 0 aliphatic carbocycles. The van der Waals surface area contributed by atoms with Crippen LogP contribution < -0.4 is 11.1 Å². The molecule has 0 aromatic heterocycles. The molecule has 0 fully saturated rings. The molecule has 1 aromatic rings. The molecule has 0 heterocycles. The second-order valence-electron chi connectivity index (χ2n) is 4.46. The minimum atomic E-state index is 0.0552. The first-order chi connectivity index (χ1) is 9.11. The van der Waals surface area contributed by atoms with Crippen LogP contribution in [0.2, 0.25) is 0 Å². The Bertz CT molecular complexity index is 399. The van der Waals surface area contributed by atoms with Crippen molar-refractivity contribution in [1.82, 2.24) is 0 Å². The summed E-state index contributed by atoms with van der Waals surface area (Å²) in [6.07, 6.45) is 0.787. The fraction of sp³-hybridized carbons (Fsp3) is 0.500. The molecule has 5 nitrogen and oxygen atoms in total. The highest BCUT2D eigenvalue weighted by Gasteiger charge is 1.97. The van der Waals surface area contributed by atoms with Gasteiger partial charge in [0.1, 0.15) is 0 Å². The van der Waals surface area contributed by atoms with Crippen molar-refractivity contribution in [2.24, 2.45) is 10.7 Å². The molecule has 19 heavy (non-hydrogen) atoms. The number of aliphatic hydroxyl groups excluding tert-OH is 1. The second kappa shape index (κ2) is 8.50. The molecule has 5 heteroatoms. The zero-order valence-electron chi connectivity index (χ0n) is 11.6. The quantitative estimate of drug-likeness (QED) is 0.396. The molecule has 0 saturated carbocycles. The number of benzene rings is 1. The van der Waals surface area contributed by atoms with Crippen molar-refractivity contribution in [2.75, 3.05) is 31.7 Å². The number of aliphatic imine (C=N–C) groups is 1. The molecular weight excluding hydrogens is 242 g/mol. The minimum absolute atomic E-state index is 0.0552. The first-order valence-electron chi connectivity index (χ1n) is 6.45. The van der Waals surface area contributed by atoms with E-state index >= 15 is 0 Å². The summed E-state index contributed by atoms with van der Waals surface area (Å²) in [6.45, 7) is 5.71. The molecule has 0 aliphatic heterocycles.